The second-order valence-electron chi connectivity index (χ2n) is 9.87. The number of halogens is 2. The van der Waals surface area contributed by atoms with Crippen LogP contribution in [-0.2, 0) is 11.2 Å². The molecule has 0 saturated heterocycles. The molecule has 1 aliphatic heterocycles. The minimum atomic E-state index is -1.27. The number of carbonyl (C=O) groups excluding carboxylic acids is 2. The number of nitrogens with two attached hydrogens (primary N) is 1. The summed E-state index contributed by atoms with van der Waals surface area (Å²) >= 11 is 6.45. The third-order valence-electron chi connectivity index (χ3n) is 6.87. The number of hydrogen-bond acceptors (Lipinski definition) is 5. The van der Waals surface area contributed by atoms with E-state index in [-0.39, 0.29) is 43.1 Å². The number of rotatable bonds is 7. The summed E-state index contributed by atoms with van der Waals surface area (Å²) < 4.78 is 20.2. The van der Waals surface area contributed by atoms with Crippen LogP contribution in [0.4, 0.5) is 10.2 Å². The minimum Gasteiger partial charge on any atom is -0.486 e. The summed E-state index contributed by atoms with van der Waals surface area (Å²) in [4.78, 5) is 29.5. The molecule has 0 spiro atoms. The average Bonchev–Trinajstić information content (AvgIpc) is 3.31. The van der Waals surface area contributed by atoms with Crippen LogP contribution in [0.3, 0.4) is 0 Å². The van der Waals surface area contributed by atoms with Crippen molar-refractivity contribution in [2.45, 2.75) is 38.0 Å². The van der Waals surface area contributed by atoms with Gasteiger partial charge < -0.3 is 15.8 Å². The summed E-state index contributed by atoms with van der Waals surface area (Å²) in [5.41, 5.74) is 8.17. The van der Waals surface area contributed by atoms with Gasteiger partial charge in [-0.1, -0.05) is 41.9 Å². The van der Waals surface area contributed by atoms with Gasteiger partial charge in [-0.3, -0.25) is 9.59 Å². The van der Waals surface area contributed by atoms with Crippen molar-refractivity contribution in [1.29, 1.82) is 0 Å². The highest BCUT2D eigenvalue weighted by Gasteiger charge is 2.45. The monoisotopic (exact) mass is 519 g/mol. The first kappa shape index (κ1) is 25.0. The number of Topliss-reactive ketones (excluding diaryl/α,β-unsaturated/α-hetero) is 1. The van der Waals surface area contributed by atoms with Gasteiger partial charge in [0, 0.05) is 35.7 Å². The zero-order chi connectivity index (χ0) is 26.2. The number of ketones is 1. The standard InChI is InChI=1S/C29H27ClFN3O3/c1-29(31)13-18(14-29)27(36)22-5-3-2-4-20(22)21-8-9-24(30)28-23(21)12-19(37-28)16-34-26(35)11-7-17-6-10-25(32)33-15-17/h2-11,15,18-19H,12-14,16H2,1H3,(H2,32,33)(H,34,35)/b11-7+. The van der Waals surface area contributed by atoms with Crippen molar-refractivity contribution in [2.24, 2.45) is 5.92 Å². The Morgan fingerprint density at radius 2 is 1.97 bits per heavy atom. The highest BCUT2D eigenvalue weighted by atomic mass is 35.5. The highest BCUT2D eigenvalue weighted by Crippen LogP contribution is 2.46. The first-order chi connectivity index (χ1) is 17.7. The van der Waals surface area contributed by atoms with Crippen LogP contribution >= 0.6 is 11.6 Å². The molecule has 3 aromatic rings. The van der Waals surface area contributed by atoms with E-state index >= 15 is 0 Å². The summed E-state index contributed by atoms with van der Waals surface area (Å²) in [5, 5.41) is 3.33. The van der Waals surface area contributed by atoms with Crippen molar-refractivity contribution in [1.82, 2.24) is 10.3 Å². The number of alkyl halides is 1. The molecule has 1 aromatic heterocycles. The quantitative estimate of drug-likeness (QED) is 0.320. The first-order valence-corrected chi connectivity index (χ1v) is 12.6. The zero-order valence-electron chi connectivity index (χ0n) is 20.3. The van der Waals surface area contributed by atoms with Crippen molar-refractivity contribution in [3.8, 4) is 16.9 Å². The summed E-state index contributed by atoms with van der Waals surface area (Å²) in [6.45, 7) is 1.82. The summed E-state index contributed by atoms with van der Waals surface area (Å²) in [6, 6.07) is 14.5. The molecule has 37 heavy (non-hydrogen) atoms. The molecule has 190 valence electrons. The van der Waals surface area contributed by atoms with Crippen LogP contribution in [0, 0.1) is 5.92 Å². The molecule has 1 saturated carbocycles. The van der Waals surface area contributed by atoms with E-state index in [1.54, 1.807) is 36.5 Å². The van der Waals surface area contributed by atoms with Crippen LogP contribution in [-0.4, -0.2) is 35.0 Å². The van der Waals surface area contributed by atoms with E-state index < -0.39 is 5.67 Å². The molecule has 0 radical (unpaired) electrons. The largest absolute Gasteiger partial charge is 0.486 e. The van der Waals surface area contributed by atoms with E-state index in [1.807, 2.05) is 24.3 Å². The normalized spacial score (nSPS) is 22.2. The van der Waals surface area contributed by atoms with Crippen LogP contribution in [0.1, 0.15) is 41.3 Å². The molecule has 3 N–H and O–H groups in total. The molecule has 1 fully saturated rings. The molecule has 2 aliphatic rings. The fourth-order valence-electron chi connectivity index (χ4n) is 5.00. The van der Waals surface area contributed by atoms with Crippen LogP contribution in [0.5, 0.6) is 5.75 Å². The number of benzene rings is 2. The molecule has 2 heterocycles. The lowest BCUT2D eigenvalue weighted by molar-refractivity contribution is -0.116. The van der Waals surface area contributed by atoms with E-state index in [4.69, 9.17) is 22.1 Å². The second kappa shape index (κ2) is 9.98. The van der Waals surface area contributed by atoms with Crippen molar-refractivity contribution in [3.05, 3.63) is 82.5 Å². The van der Waals surface area contributed by atoms with Gasteiger partial charge in [-0.25, -0.2) is 9.37 Å². The van der Waals surface area contributed by atoms with Gasteiger partial charge in [-0.05, 0) is 60.7 Å². The fourth-order valence-corrected chi connectivity index (χ4v) is 5.22. The molecule has 1 aliphatic carbocycles. The van der Waals surface area contributed by atoms with Crippen molar-refractivity contribution in [2.75, 3.05) is 12.3 Å². The molecule has 8 heteroatoms. The molecular formula is C29H27ClFN3O3. The molecule has 1 unspecified atom stereocenters. The topological polar surface area (TPSA) is 94.3 Å². The van der Waals surface area contributed by atoms with Gasteiger partial charge in [0.2, 0.25) is 5.91 Å². The number of nitrogen functional groups attached to an aromatic ring is 1. The molecule has 0 bridgehead atoms. The van der Waals surface area contributed by atoms with E-state index in [1.165, 1.54) is 13.0 Å². The molecule has 1 amide bonds. The Bertz CT molecular complexity index is 1380. The number of carbonyl (C=O) groups is 2. The number of ether oxygens (including phenoxy) is 1. The number of pyridine rings is 1. The number of anilines is 1. The van der Waals surface area contributed by atoms with Crippen molar-refractivity contribution < 1.29 is 18.7 Å². The van der Waals surface area contributed by atoms with E-state index in [0.29, 0.717) is 28.6 Å². The maximum Gasteiger partial charge on any atom is 0.244 e. The molecular weight excluding hydrogens is 493 g/mol. The van der Waals surface area contributed by atoms with Crippen LogP contribution in [0.25, 0.3) is 17.2 Å². The predicted molar refractivity (Wildman–Crippen MR) is 142 cm³/mol. The molecule has 1 atom stereocenters. The number of aromatic nitrogens is 1. The lowest BCUT2D eigenvalue weighted by Gasteiger charge is -2.37. The maximum atomic E-state index is 14.1. The van der Waals surface area contributed by atoms with Gasteiger partial charge in [0.15, 0.2) is 5.78 Å². The van der Waals surface area contributed by atoms with Crippen molar-refractivity contribution >= 4 is 35.2 Å². The Kier molecular flexibility index (Phi) is 6.73. The maximum absolute atomic E-state index is 14.1. The smallest absolute Gasteiger partial charge is 0.244 e. The Labute approximate surface area is 219 Å². The fraction of sp³-hybridized carbons (Fsp3) is 0.276. The third kappa shape index (κ3) is 5.37. The summed E-state index contributed by atoms with van der Waals surface area (Å²) in [7, 11) is 0. The Morgan fingerprint density at radius 3 is 2.70 bits per heavy atom. The number of hydrogen-bond donors (Lipinski definition) is 2. The van der Waals surface area contributed by atoms with Gasteiger partial charge >= 0.3 is 0 Å². The highest BCUT2D eigenvalue weighted by molar-refractivity contribution is 6.32. The predicted octanol–water partition coefficient (Wildman–Crippen LogP) is 5.44. The van der Waals surface area contributed by atoms with E-state index in [9.17, 15) is 14.0 Å². The summed E-state index contributed by atoms with van der Waals surface area (Å²) in [6.07, 6.45) is 5.36. The molecule has 5 rings (SSSR count). The van der Waals surface area contributed by atoms with Gasteiger partial charge in [0.05, 0.1) is 11.6 Å². The lowest BCUT2D eigenvalue weighted by Crippen LogP contribution is -2.41. The van der Waals surface area contributed by atoms with Crippen LogP contribution in [0.15, 0.2) is 60.8 Å². The minimum absolute atomic E-state index is 0.0414. The second-order valence-corrected chi connectivity index (χ2v) is 10.3. The molecule has 6 nitrogen and oxygen atoms in total. The van der Waals surface area contributed by atoms with Gasteiger partial charge in [0.25, 0.3) is 0 Å². The van der Waals surface area contributed by atoms with Crippen LogP contribution in [0.2, 0.25) is 5.02 Å². The SMILES string of the molecule is CC1(F)CC(C(=O)c2ccccc2-c2ccc(Cl)c3c2CC(CNC(=O)/C=C/c2ccc(N)nc2)O3)C1. The van der Waals surface area contributed by atoms with Gasteiger partial charge in [-0.2, -0.15) is 0 Å². The molecule has 2 aromatic carbocycles. The third-order valence-corrected chi connectivity index (χ3v) is 7.16. The zero-order valence-corrected chi connectivity index (χ0v) is 21.1. The van der Waals surface area contributed by atoms with E-state index in [2.05, 4.69) is 10.3 Å². The Balaban J connectivity index is 1.30. The van der Waals surface area contributed by atoms with Crippen LogP contribution < -0.4 is 15.8 Å². The Morgan fingerprint density at radius 1 is 1.19 bits per heavy atom. The number of amides is 1. The van der Waals surface area contributed by atoms with Crippen molar-refractivity contribution in [3.63, 3.8) is 0 Å². The summed E-state index contributed by atoms with van der Waals surface area (Å²) in [5.74, 6) is 0.353. The average molecular weight is 520 g/mol. The van der Waals surface area contributed by atoms with Gasteiger partial charge in [0.1, 0.15) is 23.3 Å². The number of nitrogens with zero attached hydrogens (tertiary/aromatic N) is 1. The lowest BCUT2D eigenvalue weighted by atomic mass is 9.69. The first-order valence-electron chi connectivity index (χ1n) is 12.2. The van der Waals surface area contributed by atoms with Gasteiger partial charge in [-0.15, -0.1) is 0 Å². The Hall–Kier alpha value is -3.71. The number of nitrogens with one attached hydrogen (secondary N) is 1. The number of fused-ring (bicyclic) bond motifs is 1. The van der Waals surface area contributed by atoms with E-state index in [0.717, 1.165) is 22.3 Å².